The van der Waals surface area contributed by atoms with Gasteiger partial charge in [-0.2, -0.15) is 5.10 Å². The molecule has 0 aliphatic carbocycles. The average molecular weight is 239 g/mol. The zero-order valence-corrected chi connectivity index (χ0v) is 10.7. The van der Waals surface area contributed by atoms with Crippen molar-refractivity contribution in [2.24, 2.45) is 0 Å². The summed E-state index contributed by atoms with van der Waals surface area (Å²) in [6.07, 6.45) is 2.56. The highest BCUT2D eigenvalue weighted by Crippen LogP contribution is 1.96. The van der Waals surface area contributed by atoms with E-state index in [1.807, 2.05) is 18.5 Å². The lowest BCUT2D eigenvalue weighted by atomic mass is 10.3. The second-order valence-electron chi connectivity index (χ2n) is 3.90. The third kappa shape index (κ3) is 4.14. The number of carbonyl (C=O) groups excluding carboxylic acids is 1. The normalized spacial score (nSPS) is 12.4. The van der Waals surface area contributed by atoms with Crippen LogP contribution in [0.15, 0.2) is 6.33 Å². The minimum absolute atomic E-state index is 0.00839. The number of hydrogen-bond donors (Lipinski definition) is 2. The van der Waals surface area contributed by atoms with Gasteiger partial charge >= 0.3 is 0 Å². The monoisotopic (exact) mass is 239 g/mol. The van der Waals surface area contributed by atoms with Gasteiger partial charge < -0.3 is 5.32 Å². The van der Waals surface area contributed by atoms with E-state index in [4.69, 9.17) is 0 Å². The number of carbonyl (C=O) groups is 1. The Balaban J connectivity index is 2.44. The maximum Gasteiger partial charge on any atom is 0.236 e. The van der Waals surface area contributed by atoms with Crippen molar-refractivity contribution in [2.45, 2.75) is 46.3 Å². The van der Waals surface area contributed by atoms with Crippen LogP contribution < -0.4 is 10.6 Å². The number of nitrogens with one attached hydrogen (secondary N) is 2. The number of aromatic nitrogens is 3. The summed E-state index contributed by atoms with van der Waals surface area (Å²) < 4.78 is 1.86. The van der Waals surface area contributed by atoms with Gasteiger partial charge in [-0.1, -0.05) is 6.92 Å². The van der Waals surface area contributed by atoms with Gasteiger partial charge in [0, 0.05) is 13.1 Å². The highest BCUT2D eigenvalue weighted by atomic mass is 16.2. The van der Waals surface area contributed by atoms with E-state index in [1.165, 1.54) is 0 Å². The van der Waals surface area contributed by atoms with Crippen LogP contribution in [-0.4, -0.2) is 33.3 Å². The Labute approximate surface area is 102 Å². The molecule has 1 unspecified atom stereocenters. The minimum atomic E-state index is -0.221. The van der Waals surface area contributed by atoms with Crippen LogP contribution in [-0.2, 0) is 17.9 Å². The van der Waals surface area contributed by atoms with E-state index in [9.17, 15) is 4.79 Å². The molecule has 0 aromatic carbocycles. The number of rotatable bonds is 7. The Morgan fingerprint density at radius 3 is 2.94 bits per heavy atom. The first-order valence-corrected chi connectivity index (χ1v) is 6.06. The van der Waals surface area contributed by atoms with Crippen LogP contribution in [0.4, 0.5) is 0 Å². The van der Waals surface area contributed by atoms with Crippen LogP contribution in [0.25, 0.3) is 0 Å². The SMILES string of the molecule is CCCn1ncnc1CNC(C)C(=O)NCC. The summed E-state index contributed by atoms with van der Waals surface area (Å²) in [5, 5.41) is 10.0. The fourth-order valence-electron chi connectivity index (χ4n) is 1.49. The molecule has 0 fully saturated rings. The van der Waals surface area contributed by atoms with E-state index in [1.54, 1.807) is 6.33 Å². The van der Waals surface area contributed by atoms with E-state index in [-0.39, 0.29) is 11.9 Å². The van der Waals surface area contributed by atoms with Gasteiger partial charge in [-0.05, 0) is 20.3 Å². The van der Waals surface area contributed by atoms with Gasteiger partial charge in [-0.15, -0.1) is 0 Å². The molecular weight excluding hydrogens is 218 g/mol. The maximum atomic E-state index is 11.5. The average Bonchev–Trinajstić information content (AvgIpc) is 2.74. The van der Waals surface area contributed by atoms with Crippen LogP contribution in [0.1, 0.15) is 33.0 Å². The number of amides is 1. The number of likely N-dealkylation sites (N-methyl/N-ethyl adjacent to an activating group) is 1. The van der Waals surface area contributed by atoms with Gasteiger partial charge in [-0.3, -0.25) is 10.1 Å². The molecule has 17 heavy (non-hydrogen) atoms. The molecule has 0 aliphatic rings. The molecule has 1 aromatic heterocycles. The zero-order chi connectivity index (χ0) is 12.7. The molecule has 96 valence electrons. The quantitative estimate of drug-likeness (QED) is 0.718. The number of aryl methyl sites for hydroxylation is 1. The summed E-state index contributed by atoms with van der Waals surface area (Å²) in [7, 11) is 0. The second-order valence-corrected chi connectivity index (χ2v) is 3.90. The summed E-state index contributed by atoms with van der Waals surface area (Å²) >= 11 is 0. The van der Waals surface area contributed by atoms with Gasteiger partial charge in [0.25, 0.3) is 0 Å². The molecule has 6 nitrogen and oxygen atoms in total. The number of hydrogen-bond acceptors (Lipinski definition) is 4. The Kier molecular flexibility index (Phi) is 5.62. The van der Waals surface area contributed by atoms with Gasteiger partial charge in [0.15, 0.2) is 0 Å². The lowest BCUT2D eigenvalue weighted by Gasteiger charge is -2.13. The van der Waals surface area contributed by atoms with Crippen molar-refractivity contribution in [2.75, 3.05) is 6.54 Å². The van der Waals surface area contributed by atoms with Crippen LogP contribution >= 0.6 is 0 Å². The molecule has 1 amide bonds. The van der Waals surface area contributed by atoms with Gasteiger partial charge in [0.05, 0.1) is 12.6 Å². The first-order valence-electron chi connectivity index (χ1n) is 6.06. The maximum absolute atomic E-state index is 11.5. The van der Waals surface area contributed by atoms with Gasteiger partial charge in [-0.25, -0.2) is 9.67 Å². The summed E-state index contributed by atoms with van der Waals surface area (Å²) in [5.74, 6) is 0.872. The van der Waals surface area contributed by atoms with E-state index >= 15 is 0 Å². The van der Waals surface area contributed by atoms with Gasteiger partial charge in [0.2, 0.25) is 5.91 Å². The van der Waals surface area contributed by atoms with Crippen LogP contribution in [0, 0.1) is 0 Å². The molecule has 2 N–H and O–H groups in total. The van der Waals surface area contributed by atoms with E-state index in [0.29, 0.717) is 13.1 Å². The molecule has 0 saturated carbocycles. The molecule has 1 heterocycles. The van der Waals surface area contributed by atoms with E-state index < -0.39 is 0 Å². The van der Waals surface area contributed by atoms with Crippen LogP contribution in [0.3, 0.4) is 0 Å². The predicted molar refractivity (Wildman–Crippen MR) is 65.3 cm³/mol. The molecule has 0 saturated heterocycles. The lowest BCUT2D eigenvalue weighted by molar-refractivity contribution is -0.122. The van der Waals surface area contributed by atoms with Crippen molar-refractivity contribution in [3.05, 3.63) is 12.2 Å². The molecular formula is C11H21N5O. The summed E-state index contributed by atoms with van der Waals surface area (Å²) in [5.41, 5.74) is 0. The Hall–Kier alpha value is -1.43. The first-order chi connectivity index (χ1) is 8.19. The standard InChI is InChI=1S/C11H21N5O/c1-4-6-16-10(14-8-15-16)7-13-9(3)11(17)12-5-2/h8-9,13H,4-7H2,1-3H3,(H,12,17). The molecule has 1 aromatic rings. The lowest BCUT2D eigenvalue weighted by Crippen LogP contribution is -2.42. The first kappa shape index (κ1) is 13.6. The second kappa shape index (κ2) is 7.01. The fourth-order valence-corrected chi connectivity index (χ4v) is 1.49. The molecule has 1 rings (SSSR count). The molecule has 0 spiro atoms. The summed E-state index contributed by atoms with van der Waals surface area (Å²) in [6, 6.07) is -0.221. The van der Waals surface area contributed by atoms with Crippen molar-refractivity contribution in [3.63, 3.8) is 0 Å². The molecule has 0 radical (unpaired) electrons. The van der Waals surface area contributed by atoms with E-state index in [2.05, 4.69) is 27.6 Å². The fraction of sp³-hybridized carbons (Fsp3) is 0.727. The Morgan fingerprint density at radius 1 is 1.53 bits per heavy atom. The molecule has 0 bridgehead atoms. The third-order valence-electron chi connectivity index (χ3n) is 2.44. The zero-order valence-electron chi connectivity index (χ0n) is 10.7. The van der Waals surface area contributed by atoms with E-state index in [0.717, 1.165) is 18.8 Å². The largest absolute Gasteiger partial charge is 0.355 e. The minimum Gasteiger partial charge on any atom is -0.355 e. The van der Waals surface area contributed by atoms with Crippen molar-refractivity contribution in [3.8, 4) is 0 Å². The van der Waals surface area contributed by atoms with Crippen molar-refractivity contribution in [1.29, 1.82) is 0 Å². The highest BCUT2D eigenvalue weighted by molar-refractivity contribution is 5.81. The Morgan fingerprint density at radius 2 is 2.29 bits per heavy atom. The van der Waals surface area contributed by atoms with Gasteiger partial charge in [0.1, 0.15) is 12.2 Å². The highest BCUT2D eigenvalue weighted by Gasteiger charge is 2.12. The van der Waals surface area contributed by atoms with Crippen molar-refractivity contribution in [1.82, 2.24) is 25.4 Å². The third-order valence-corrected chi connectivity index (χ3v) is 2.44. The smallest absolute Gasteiger partial charge is 0.236 e. The van der Waals surface area contributed by atoms with Crippen molar-refractivity contribution >= 4 is 5.91 Å². The van der Waals surface area contributed by atoms with Crippen molar-refractivity contribution < 1.29 is 4.79 Å². The topological polar surface area (TPSA) is 71.8 Å². The molecule has 6 heteroatoms. The number of nitrogens with zero attached hydrogens (tertiary/aromatic N) is 3. The molecule has 1 atom stereocenters. The van der Waals surface area contributed by atoms with Crippen LogP contribution in [0.2, 0.25) is 0 Å². The Bertz CT molecular complexity index is 349. The van der Waals surface area contributed by atoms with Crippen LogP contribution in [0.5, 0.6) is 0 Å². The summed E-state index contributed by atoms with van der Waals surface area (Å²) in [6.45, 7) is 7.89. The summed E-state index contributed by atoms with van der Waals surface area (Å²) in [4.78, 5) is 15.7. The molecule has 0 aliphatic heterocycles. The predicted octanol–water partition coefficient (Wildman–Crippen LogP) is 0.302.